The molecule has 0 saturated carbocycles. The van der Waals surface area contributed by atoms with Gasteiger partial charge in [-0.2, -0.15) is 0 Å². The number of fused-ring (bicyclic) bond motifs is 1. The minimum atomic E-state index is -0.569. The van der Waals surface area contributed by atoms with E-state index in [-0.39, 0.29) is 11.2 Å². The molecule has 3 N–H and O–H groups in total. The normalized spacial score (nSPS) is 18.5. The van der Waals surface area contributed by atoms with E-state index in [4.69, 9.17) is 0 Å². The Morgan fingerprint density at radius 1 is 0.943 bits per heavy atom. The fourth-order valence-corrected chi connectivity index (χ4v) is 5.35. The largest absolute Gasteiger partial charge is 0.367 e. The number of rotatable bonds is 5. The van der Waals surface area contributed by atoms with Gasteiger partial charge in [0.05, 0.1) is 5.56 Å². The number of carbonyl (C=O) groups excluding carboxylic acids is 1. The second-order valence-electron chi connectivity index (χ2n) is 10.2. The number of aromatic nitrogens is 2. The van der Waals surface area contributed by atoms with Crippen molar-refractivity contribution in [3.63, 3.8) is 0 Å². The molecule has 1 aliphatic heterocycles. The van der Waals surface area contributed by atoms with Gasteiger partial charge in [0.15, 0.2) is 5.78 Å². The predicted molar refractivity (Wildman–Crippen MR) is 138 cm³/mol. The summed E-state index contributed by atoms with van der Waals surface area (Å²) >= 11 is 0. The lowest BCUT2D eigenvalue weighted by Gasteiger charge is -2.38. The van der Waals surface area contributed by atoms with E-state index in [1.165, 1.54) is 5.56 Å². The van der Waals surface area contributed by atoms with Crippen molar-refractivity contribution in [1.29, 1.82) is 0 Å². The lowest BCUT2D eigenvalue weighted by atomic mass is 9.69. The van der Waals surface area contributed by atoms with Gasteiger partial charge in [-0.3, -0.25) is 19.6 Å². The summed E-state index contributed by atoms with van der Waals surface area (Å²) in [5, 5.41) is 3.21. The topological polar surface area (TPSA) is 98.1 Å². The number of allylic oxidation sites excluding steroid dienone is 2. The van der Waals surface area contributed by atoms with Gasteiger partial charge >= 0.3 is 5.69 Å². The monoisotopic (exact) mass is 470 g/mol. The molecule has 180 valence electrons. The molecular formula is C28H30N4O3. The highest BCUT2D eigenvalue weighted by atomic mass is 16.2. The Bertz CT molecular complexity index is 1420. The van der Waals surface area contributed by atoms with Crippen LogP contribution < -0.4 is 21.5 Å². The SMILES string of the molecule is CCN(Cc1ccccc1)c1ccc(C2C3=C(CC(C)(C)CC3=O)Nc3[nH]c(=O)[nH]c(=O)c32)cc1. The first kappa shape index (κ1) is 22.9. The average Bonchev–Trinajstić information content (AvgIpc) is 2.81. The van der Waals surface area contributed by atoms with Crippen LogP contribution in [0.3, 0.4) is 0 Å². The molecular weight excluding hydrogens is 440 g/mol. The summed E-state index contributed by atoms with van der Waals surface area (Å²) in [7, 11) is 0. The first-order valence-corrected chi connectivity index (χ1v) is 12.0. The van der Waals surface area contributed by atoms with Crippen molar-refractivity contribution in [2.24, 2.45) is 5.41 Å². The van der Waals surface area contributed by atoms with Gasteiger partial charge in [0.1, 0.15) is 5.82 Å². The van der Waals surface area contributed by atoms with Gasteiger partial charge in [-0.05, 0) is 42.0 Å². The van der Waals surface area contributed by atoms with Gasteiger partial charge < -0.3 is 10.2 Å². The average molecular weight is 471 g/mol. The number of nitrogens with one attached hydrogen (secondary N) is 3. The first-order valence-electron chi connectivity index (χ1n) is 12.0. The van der Waals surface area contributed by atoms with E-state index >= 15 is 0 Å². The molecule has 3 aromatic rings. The van der Waals surface area contributed by atoms with Gasteiger partial charge in [-0.25, -0.2) is 4.79 Å². The molecule has 1 unspecified atom stereocenters. The van der Waals surface area contributed by atoms with Crippen molar-refractivity contribution in [3.8, 4) is 0 Å². The maximum atomic E-state index is 13.4. The number of anilines is 2. The van der Waals surface area contributed by atoms with E-state index < -0.39 is 17.2 Å². The molecule has 2 heterocycles. The number of H-pyrrole nitrogens is 2. The molecule has 1 atom stereocenters. The van der Waals surface area contributed by atoms with Crippen molar-refractivity contribution >= 4 is 17.3 Å². The molecule has 7 heteroatoms. The summed E-state index contributed by atoms with van der Waals surface area (Å²) in [6.45, 7) is 7.87. The second kappa shape index (κ2) is 8.73. The van der Waals surface area contributed by atoms with Crippen LogP contribution in [0.1, 0.15) is 56.2 Å². The Kier molecular flexibility index (Phi) is 5.71. The number of aromatic amines is 2. The quantitative estimate of drug-likeness (QED) is 0.517. The molecule has 2 aliphatic rings. The number of carbonyl (C=O) groups is 1. The van der Waals surface area contributed by atoms with Crippen LogP contribution in [0.2, 0.25) is 0 Å². The van der Waals surface area contributed by atoms with Crippen LogP contribution in [-0.4, -0.2) is 22.3 Å². The zero-order chi connectivity index (χ0) is 24.7. The zero-order valence-electron chi connectivity index (χ0n) is 20.3. The predicted octanol–water partition coefficient (Wildman–Crippen LogP) is 4.29. The molecule has 2 aromatic carbocycles. The van der Waals surface area contributed by atoms with Crippen LogP contribution in [0.5, 0.6) is 0 Å². The smallest absolute Gasteiger partial charge is 0.327 e. The van der Waals surface area contributed by atoms with E-state index in [1.807, 2.05) is 42.5 Å². The van der Waals surface area contributed by atoms with E-state index in [2.05, 4.69) is 53.1 Å². The Labute approximate surface area is 203 Å². The van der Waals surface area contributed by atoms with Crippen molar-refractivity contribution in [3.05, 3.63) is 103 Å². The lowest BCUT2D eigenvalue weighted by molar-refractivity contribution is -0.118. The highest BCUT2D eigenvalue weighted by molar-refractivity contribution is 6.01. The number of nitrogens with zero attached hydrogens (tertiary/aromatic N) is 1. The van der Waals surface area contributed by atoms with Crippen molar-refractivity contribution in [2.75, 3.05) is 16.8 Å². The fourth-order valence-electron chi connectivity index (χ4n) is 5.35. The van der Waals surface area contributed by atoms with Gasteiger partial charge in [-0.15, -0.1) is 0 Å². The second-order valence-corrected chi connectivity index (χ2v) is 10.2. The third-order valence-corrected chi connectivity index (χ3v) is 6.94. The van der Waals surface area contributed by atoms with Gasteiger partial charge in [0, 0.05) is 42.4 Å². The molecule has 7 nitrogen and oxygen atoms in total. The summed E-state index contributed by atoms with van der Waals surface area (Å²) in [5.41, 5.74) is 3.68. The van der Waals surface area contributed by atoms with E-state index in [0.29, 0.717) is 29.8 Å². The zero-order valence-corrected chi connectivity index (χ0v) is 20.3. The minimum Gasteiger partial charge on any atom is -0.367 e. The minimum absolute atomic E-state index is 0.0355. The maximum Gasteiger partial charge on any atom is 0.327 e. The molecule has 5 rings (SSSR count). The molecule has 35 heavy (non-hydrogen) atoms. The van der Waals surface area contributed by atoms with Crippen molar-refractivity contribution < 1.29 is 4.79 Å². The van der Waals surface area contributed by atoms with Crippen LogP contribution in [-0.2, 0) is 11.3 Å². The molecule has 0 saturated heterocycles. The highest BCUT2D eigenvalue weighted by Gasteiger charge is 2.42. The maximum absolute atomic E-state index is 13.4. The highest BCUT2D eigenvalue weighted by Crippen LogP contribution is 2.47. The van der Waals surface area contributed by atoms with Crippen LogP contribution in [0.25, 0.3) is 0 Å². The number of Topliss-reactive ketones (excluding diaryl/α,β-unsaturated/α-hetero) is 1. The Morgan fingerprint density at radius 2 is 1.66 bits per heavy atom. The molecule has 1 aromatic heterocycles. The third-order valence-electron chi connectivity index (χ3n) is 6.94. The molecule has 0 bridgehead atoms. The number of benzene rings is 2. The molecule has 0 fully saturated rings. The molecule has 0 radical (unpaired) electrons. The number of ketones is 1. The van der Waals surface area contributed by atoms with Gasteiger partial charge in [-0.1, -0.05) is 56.3 Å². The Hall–Kier alpha value is -3.87. The summed E-state index contributed by atoms with van der Waals surface area (Å²) in [6, 6.07) is 18.4. The van der Waals surface area contributed by atoms with Crippen LogP contribution in [0, 0.1) is 5.41 Å². The van der Waals surface area contributed by atoms with Crippen LogP contribution >= 0.6 is 0 Å². The van der Waals surface area contributed by atoms with E-state index in [9.17, 15) is 14.4 Å². The summed E-state index contributed by atoms with van der Waals surface area (Å²) in [6.07, 6.45) is 1.08. The number of hydrogen-bond donors (Lipinski definition) is 3. The molecule has 0 amide bonds. The Balaban J connectivity index is 1.57. The fraction of sp³-hybridized carbons (Fsp3) is 0.321. The molecule has 1 aliphatic carbocycles. The Morgan fingerprint density at radius 3 is 2.34 bits per heavy atom. The van der Waals surface area contributed by atoms with E-state index in [0.717, 1.165) is 30.0 Å². The van der Waals surface area contributed by atoms with Gasteiger partial charge in [0.25, 0.3) is 5.56 Å². The lowest BCUT2D eigenvalue weighted by Crippen LogP contribution is -2.38. The van der Waals surface area contributed by atoms with Gasteiger partial charge in [0.2, 0.25) is 0 Å². The molecule has 0 spiro atoms. The summed E-state index contributed by atoms with van der Waals surface area (Å²) in [5.74, 6) is -0.131. The van der Waals surface area contributed by atoms with Crippen molar-refractivity contribution in [1.82, 2.24) is 9.97 Å². The van der Waals surface area contributed by atoms with E-state index in [1.54, 1.807) is 0 Å². The standard InChI is InChI=1S/C28H30N4O3/c1-4-32(16-17-8-6-5-7-9-17)19-12-10-18(11-13-19)22-23-20(14-28(2,3)15-21(23)33)29-25-24(22)26(34)31-27(35)30-25/h5-13,22H,4,14-16H2,1-3H3,(H3,29,30,31,34,35). The summed E-state index contributed by atoms with van der Waals surface area (Å²) < 4.78 is 0. The van der Waals surface area contributed by atoms with Crippen molar-refractivity contribution in [2.45, 2.75) is 46.1 Å². The first-order chi connectivity index (χ1) is 16.8. The van der Waals surface area contributed by atoms with Crippen LogP contribution in [0.4, 0.5) is 11.5 Å². The third kappa shape index (κ3) is 4.34. The van der Waals surface area contributed by atoms with Crippen LogP contribution in [0.15, 0.2) is 75.5 Å². The number of hydrogen-bond acceptors (Lipinski definition) is 5. The summed E-state index contributed by atoms with van der Waals surface area (Å²) in [4.78, 5) is 45.7.